The number of carbonyl (C=O) groups excluding carboxylic acids is 1. The molecule has 3 rings (SSSR count). The number of nitrogens with one attached hydrogen (secondary N) is 2. The lowest BCUT2D eigenvalue weighted by Gasteiger charge is -2.20. The molecule has 3 aromatic rings. The molecule has 1 amide bonds. The fourth-order valence-electron chi connectivity index (χ4n) is 3.17. The molecule has 2 N–H and O–H groups in total. The highest BCUT2D eigenvalue weighted by atomic mass is 32.2. The van der Waals surface area contributed by atoms with Crippen molar-refractivity contribution in [3.63, 3.8) is 0 Å². The van der Waals surface area contributed by atoms with E-state index in [4.69, 9.17) is 0 Å². The van der Waals surface area contributed by atoms with Gasteiger partial charge in [0.05, 0.1) is 17.0 Å². The summed E-state index contributed by atoms with van der Waals surface area (Å²) in [6.45, 7) is 5.27. The second-order valence-corrected chi connectivity index (χ2v) is 9.81. The Morgan fingerprint density at radius 1 is 1.09 bits per heavy atom. The van der Waals surface area contributed by atoms with Gasteiger partial charge in [0.15, 0.2) is 11.5 Å². The molecular formula is C21H24F3N5O3S. The van der Waals surface area contributed by atoms with Crippen molar-refractivity contribution < 1.29 is 26.4 Å². The van der Waals surface area contributed by atoms with Crippen molar-refractivity contribution in [2.24, 2.45) is 5.92 Å². The van der Waals surface area contributed by atoms with E-state index in [1.807, 2.05) is 20.8 Å². The lowest BCUT2D eigenvalue weighted by Crippen LogP contribution is -2.47. The van der Waals surface area contributed by atoms with E-state index in [0.717, 1.165) is 22.2 Å². The maximum atomic E-state index is 13.0. The summed E-state index contributed by atoms with van der Waals surface area (Å²) in [5.41, 5.74) is 0.191. The molecule has 1 unspecified atom stereocenters. The van der Waals surface area contributed by atoms with Crippen molar-refractivity contribution in [1.29, 1.82) is 0 Å². The van der Waals surface area contributed by atoms with Gasteiger partial charge in [-0.2, -0.15) is 17.9 Å². The van der Waals surface area contributed by atoms with E-state index < -0.39 is 33.7 Å². The number of aromatic nitrogens is 3. The number of sulfonamides is 1. The van der Waals surface area contributed by atoms with Gasteiger partial charge in [-0.25, -0.2) is 8.42 Å². The summed E-state index contributed by atoms with van der Waals surface area (Å²) in [7, 11) is -3.96. The molecule has 12 heteroatoms. The van der Waals surface area contributed by atoms with Gasteiger partial charge in [-0.1, -0.05) is 31.5 Å². The topological polar surface area (TPSA) is 105 Å². The first-order valence-corrected chi connectivity index (χ1v) is 11.6. The van der Waals surface area contributed by atoms with Gasteiger partial charge in [0.1, 0.15) is 6.04 Å². The lowest BCUT2D eigenvalue weighted by molar-refractivity contribution is -0.137. The molecule has 0 aliphatic rings. The summed E-state index contributed by atoms with van der Waals surface area (Å²) < 4.78 is 68.1. The number of nitrogens with zero attached hydrogens (tertiary/aromatic N) is 3. The first-order valence-electron chi connectivity index (χ1n) is 10.1. The summed E-state index contributed by atoms with van der Waals surface area (Å²) in [5, 5.41) is 10.2. The number of pyridine rings is 1. The van der Waals surface area contributed by atoms with Crippen molar-refractivity contribution in [1.82, 2.24) is 24.6 Å². The van der Waals surface area contributed by atoms with E-state index in [9.17, 15) is 26.4 Å². The summed E-state index contributed by atoms with van der Waals surface area (Å²) in [4.78, 5) is 12.8. The highest BCUT2D eigenvalue weighted by Crippen LogP contribution is 2.29. The molecule has 0 aliphatic heterocycles. The van der Waals surface area contributed by atoms with Crippen molar-refractivity contribution in [3.8, 4) is 0 Å². The molecule has 8 nitrogen and oxygen atoms in total. The average Bonchev–Trinajstić information content (AvgIpc) is 3.13. The number of fused-ring (bicyclic) bond motifs is 1. The van der Waals surface area contributed by atoms with E-state index in [0.29, 0.717) is 0 Å². The number of aryl methyl sites for hydroxylation is 1. The van der Waals surface area contributed by atoms with Gasteiger partial charge in [0.25, 0.3) is 0 Å². The molecule has 178 valence electrons. The van der Waals surface area contributed by atoms with Crippen LogP contribution in [0.5, 0.6) is 0 Å². The standard InChI is InChI=1S/C21H24F3N5O3S/c1-13(2)10-17(28-33(31,32)16-7-4-14(3)5-8-16)20(30)25-11-19-27-26-18-9-6-15(12-29(18)19)21(22,23)24/h4-9,12-13,17,28H,10-11H2,1-3H3,(H,25,30). The molecular weight excluding hydrogens is 459 g/mol. The van der Waals surface area contributed by atoms with Crippen LogP contribution in [0.25, 0.3) is 5.65 Å². The van der Waals surface area contributed by atoms with Gasteiger partial charge in [-0.15, -0.1) is 10.2 Å². The SMILES string of the molecule is Cc1ccc(S(=O)(=O)NC(CC(C)C)C(=O)NCc2nnc3ccc(C(F)(F)F)cn23)cc1. The molecule has 0 bridgehead atoms. The average molecular weight is 484 g/mol. The van der Waals surface area contributed by atoms with Crippen LogP contribution in [-0.2, 0) is 27.5 Å². The molecule has 1 aromatic carbocycles. The molecule has 2 heterocycles. The molecule has 0 radical (unpaired) electrons. The predicted molar refractivity (Wildman–Crippen MR) is 115 cm³/mol. The van der Waals surface area contributed by atoms with Crippen LogP contribution >= 0.6 is 0 Å². The van der Waals surface area contributed by atoms with Gasteiger partial charge in [-0.05, 0) is 43.5 Å². The van der Waals surface area contributed by atoms with Crippen LogP contribution in [0.1, 0.15) is 37.2 Å². The maximum absolute atomic E-state index is 13.0. The number of amides is 1. The smallest absolute Gasteiger partial charge is 0.347 e. The van der Waals surface area contributed by atoms with Crippen LogP contribution in [-0.4, -0.2) is 35.0 Å². The Labute approximate surface area is 189 Å². The van der Waals surface area contributed by atoms with Crippen LogP contribution in [0.15, 0.2) is 47.5 Å². The summed E-state index contributed by atoms with van der Waals surface area (Å²) in [6.07, 6.45) is -3.48. The zero-order valence-electron chi connectivity index (χ0n) is 18.2. The quantitative estimate of drug-likeness (QED) is 0.512. The zero-order valence-corrected chi connectivity index (χ0v) is 19.0. The molecule has 0 saturated heterocycles. The van der Waals surface area contributed by atoms with E-state index in [2.05, 4.69) is 20.2 Å². The minimum absolute atomic E-state index is 0.00951. The van der Waals surface area contributed by atoms with E-state index in [-0.39, 0.29) is 35.3 Å². The van der Waals surface area contributed by atoms with Crippen molar-refractivity contribution >= 4 is 21.6 Å². The number of alkyl halides is 3. The van der Waals surface area contributed by atoms with Crippen LogP contribution in [0.4, 0.5) is 13.2 Å². The molecule has 1 atom stereocenters. The third-order valence-corrected chi connectivity index (χ3v) is 6.36. The van der Waals surface area contributed by atoms with E-state index in [1.54, 1.807) is 12.1 Å². The van der Waals surface area contributed by atoms with Crippen LogP contribution in [0.3, 0.4) is 0 Å². The summed E-state index contributed by atoms with van der Waals surface area (Å²) in [6, 6.07) is 7.19. The monoisotopic (exact) mass is 483 g/mol. The Morgan fingerprint density at radius 3 is 2.36 bits per heavy atom. The fourth-order valence-corrected chi connectivity index (χ4v) is 4.38. The first kappa shape index (κ1) is 24.6. The van der Waals surface area contributed by atoms with Gasteiger partial charge < -0.3 is 5.32 Å². The Hall–Kier alpha value is -2.99. The molecule has 0 aliphatic carbocycles. The van der Waals surface area contributed by atoms with Crippen molar-refractivity contribution in [3.05, 3.63) is 59.5 Å². The lowest BCUT2D eigenvalue weighted by atomic mass is 10.0. The Kier molecular flexibility index (Phi) is 7.08. The first-order chi connectivity index (χ1) is 15.4. The second-order valence-electron chi connectivity index (χ2n) is 8.09. The Balaban J connectivity index is 1.77. The second kappa shape index (κ2) is 9.48. The summed E-state index contributed by atoms with van der Waals surface area (Å²) >= 11 is 0. The number of rotatable bonds is 8. The van der Waals surface area contributed by atoms with Crippen molar-refractivity contribution in [2.45, 2.75) is 50.9 Å². The van der Waals surface area contributed by atoms with Crippen LogP contribution in [0, 0.1) is 12.8 Å². The maximum Gasteiger partial charge on any atom is 0.417 e. The van der Waals surface area contributed by atoms with Gasteiger partial charge in [0.2, 0.25) is 15.9 Å². The number of carbonyl (C=O) groups is 1. The van der Waals surface area contributed by atoms with Gasteiger partial charge >= 0.3 is 6.18 Å². The molecule has 0 saturated carbocycles. The van der Waals surface area contributed by atoms with Crippen LogP contribution in [0.2, 0.25) is 0 Å². The highest BCUT2D eigenvalue weighted by molar-refractivity contribution is 7.89. The molecule has 0 fully saturated rings. The molecule has 2 aromatic heterocycles. The number of hydrogen-bond donors (Lipinski definition) is 2. The van der Waals surface area contributed by atoms with E-state index in [1.165, 1.54) is 18.2 Å². The third-order valence-electron chi connectivity index (χ3n) is 4.87. The highest BCUT2D eigenvalue weighted by Gasteiger charge is 2.31. The van der Waals surface area contributed by atoms with Crippen LogP contribution < -0.4 is 10.0 Å². The summed E-state index contributed by atoms with van der Waals surface area (Å²) in [5.74, 6) is -0.554. The predicted octanol–water partition coefficient (Wildman–Crippen LogP) is 3.07. The third kappa shape index (κ3) is 6.08. The minimum Gasteiger partial charge on any atom is -0.347 e. The largest absolute Gasteiger partial charge is 0.417 e. The normalized spacial score (nSPS) is 13.4. The minimum atomic E-state index is -4.55. The van der Waals surface area contributed by atoms with Gasteiger partial charge in [-0.3, -0.25) is 9.20 Å². The fraction of sp³-hybridized carbons (Fsp3) is 0.381. The Bertz CT molecular complexity index is 1240. The zero-order chi connectivity index (χ0) is 24.4. The Morgan fingerprint density at radius 2 is 1.76 bits per heavy atom. The van der Waals surface area contributed by atoms with Gasteiger partial charge in [0, 0.05) is 6.20 Å². The van der Waals surface area contributed by atoms with E-state index >= 15 is 0 Å². The van der Waals surface area contributed by atoms with Crippen molar-refractivity contribution in [2.75, 3.05) is 0 Å². The molecule has 0 spiro atoms. The number of hydrogen-bond acceptors (Lipinski definition) is 5. The number of benzene rings is 1. The number of halogens is 3. The molecule has 33 heavy (non-hydrogen) atoms.